The normalized spacial score (nSPS) is 9.29. The zero-order valence-corrected chi connectivity index (χ0v) is 7.64. The summed E-state index contributed by atoms with van der Waals surface area (Å²) in [6, 6.07) is 7.67. The van der Waals surface area contributed by atoms with Crippen molar-refractivity contribution >= 4 is 12.2 Å². The third kappa shape index (κ3) is 6.84. The Morgan fingerprint density at radius 2 is 1.71 bits per heavy atom. The molecule has 0 fully saturated rings. The SMILES string of the molecule is Cc1ccc(C=CF)cc1.O=C(O)O. The Bertz CT molecular complexity index is 300. The van der Waals surface area contributed by atoms with Gasteiger partial charge in [0.25, 0.3) is 0 Å². The van der Waals surface area contributed by atoms with Gasteiger partial charge < -0.3 is 10.2 Å². The highest BCUT2D eigenvalue weighted by Gasteiger charge is 1.84. The van der Waals surface area contributed by atoms with Gasteiger partial charge >= 0.3 is 6.16 Å². The lowest BCUT2D eigenvalue weighted by Crippen LogP contribution is -1.81. The molecule has 1 aromatic rings. The fourth-order valence-corrected chi connectivity index (χ4v) is 0.750. The van der Waals surface area contributed by atoms with E-state index < -0.39 is 6.16 Å². The van der Waals surface area contributed by atoms with E-state index in [4.69, 9.17) is 15.0 Å². The summed E-state index contributed by atoms with van der Waals surface area (Å²) in [7, 11) is 0. The predicted molar refractivity (Wildman–Crippen MR) is 52.0 cm³/mol. The zero-order chi connectivity index (χ0) is 11.0. The van der Waals surface area contributed by atoms with E-state index in [1.807, 2.05) is 31.2 Å². The summed E-state index contributed by atoms with van der Waals surface area (Å²) < 4.78 is 11.6. The van der Waals surface area contributed by atoms with E-state index in [9.17, 15) is 4.39 Å². The maximum atomic E-state index is 11.6. The molecule has 3 nitrogen and oxygen atoms in total. The van der Waals surface area contributed by atoms with Crippen LogP contribution in [0, 0.1) is 6.92 Å². The Labute approximate surface area is 81.1 Å². The molecular formula is C10H11FO3. The van der Waals surface area contributed by atoms with Crippen molar-refractivity contribution in [3.05, 3.63) is 41.7 Å². The largest absolute Gasteiger partial charge is 0.503 e. The Balaban J connectivity index is 0.000000364. The van der Waals surface area contributed by atoms with Crippen LogP contribution in [0.3, 0.4) is 0 Å². The first-order chi connectivity index (χ1) is 6.56. The van der Waals surface area contributed by atoms with E-state index in [1.54, 1.807) is 0 Å². The van der Waals surface area contributed by atoms with Gasteiger partial charge in [-0.05, 0) is 18.6 Å². The first-order valence-electron chi connectivity index (χ1n) is 3.81. The fourth-order valence-electron chi connectivity index (χ4n) is 0.750. The lowest BCUT2D eigenvalue weighted by Gasteiger charge is -1.91. The molecule has 0 radical (unpaired) electrons. The Hall–Kier alpha value is -1.84. The third-order valence-electron chi connectivity index (χ3n) is 1.33. The monoisotopic (exact) mass is 198 g/mol. The Morgan fingerprint density at radius 3 is 2.07 bits per heavy atom. The standard InChI is InChI=1S/C9H9F.CH2O3/c1-8-2-4-9(5-3-8)6-7-10;2-1(3)4/h2-7H,1H3;(H2,2,3,4). The highest BCUT2D eigenvalue weighted by Crippen LogP contribution is 2.04. The van der Waals surface area contributed by atoms with Crippen molar-refractivity contribution in [1.82, 2.24) is 0 Å². The maximum absolute atomic E-state index is 11.6. The van der Waals surface area contributed by atoms with Gasteiger partial charge in [0.05, 0.1) is 6.33 Å². The molecule has 0 atom stereocenters. The first kappa shape index (κ1) is 12.2. The summed E-state index contributed by atoms with van der Waals surface area (Å²) in [5.74, 6) is 0. The van der Waals surface area contributed by atoms with Crippen molar-refractivity contribution in [2.45, 2.75) is 6.92 Å². The fraction of sp³-hybridized carbons (Fsp3) is 0.100. The van der Waals surface area contributed by atoms with Gasteiger partial charge in [0.2, 0.25) is 0 Å². The molecule has 14 heavy (non-hydrogen) atoms. The third-order valence-corrected chi connectivity index (χ3v) is 1.33. The lowest BCUT2D eigenvalue weighted by molar-refractivity contribution is 0.137. The minimum Gasteiger partial charge on any atom is -0.450 e. The molecule has 0 aliphatic rings. The molecule has 1 rings (SSSR count). The zero-order valence-electron chi connectivity index (χ0n) is 7.64. The number of halogens is 1. The summed E-state index contributed by atoms with van der Waals surface area (Å²) in [6.45, 7) is 2.00. The van der Waals surface area contributed by atoms with Crippen LogP contribution < -0.4 is 0 Å². The maximum Gasteiger partial charge on any atom is 0.503 e. The lowest BCUT2D eigenvalue weighted by atomic mass is 10.1. The minimum atomic E-state index is -1.83. The summed E-state index contributed by atoms with van der Waals surface area (Å²) in [6.07, 6.45) is 0.143. The summed E-state index contributed by atoms with van der Waals surface area (Å²) in [5, 5.41) is 13.9. The highest BCUT2D eigenvalue weighted by atomic mass is 19.1. The molecule has 1 aromatic carbocycles. The van der Waals surface area contributed by atoms with Crippen molar-refractivity contribution in [3.63, 3.8) is 0 Å². The topological polar surface area (TPSA) is 57.5 Å². The Morgan fingerprint density at radius 1 is 1.29 bits per heavy atom. The number of carbonyl (C=O) groups is 1. The van der Waals surface area contributed by atoms with Gasteiger partial charge in [0, 0.05) is 0 Å². The average Bonchev–Trinajstić information content (AvgIpc) is 2.08. The summed E-state index contributed by atoms with van der Waals surface area (Å²) in [5.41, 5.74) is 2.09. The van der Waals surface area contributed by atoms with Crippen LogP contribution in [0.5, 0.6) is 0 Å². The van der Waals surface area contributed by atoms with Crippen LogP contribution in [0.1, 0.15) is 11.1 Å². The molecule has 0 spiro atoms. The van der Waals surface area contributed by atoms with E-state index in [1.165, 1.54) is 11.6 Å². The van der Waals surface area contributed by atoms with Crippen LogP contribution in [0.4, 0.5) is 9.18 Å². The molecule has 76 valence electrons. The van der Waals surface area contributed by atoms with Crippen LogP contribution in [0.25, 0.3) is 6.08 Å². The molecule has 2 N–H and O–H groups in total. The number of hydrogen-bond donors (Lipinski definition) is 2. The molecule has 0 saturated carbocycles. The van der Waals surface area contributed by atoms with Crippen molar-refractivity contribution in [3.8, 4) is 0 Å². The summed E-state index contributed by atoms with van der Waals surface area (Å²) in [4.78, 5) is 8.56. The summed E-state index contributed by atoms with van der Waals surface area (Å²) >= 11 is 0. The number of carboxylic acid groups (broad SMARTS) is 2. The van der Waals surface area contributed by atoms with Gasteiger partial charge in [-0.2, -0.15) is 0 Å². The van der Waals surface area contributed by atoms with Gasteiger partial charge in [-0.25, -0.2) is 9.18 Å². The number of aryl methyl sites for hydroxylation is 1. The molecule has 0 unspecified atom stereocenters. The van der Waals surface area contributed by atoms with Crippen LogP contribution >= 0.6 is 0 Å². The van der Waals surface area contributed by atoms with E-state index in [-0.39, 0.29) is 0 Å². The van der Waals surface area contributed by atoms with E-state index >= 15 is 0 Å². The van der Waals surface area contributed by atoms with E-state index in [2.05, 4.69) is 0 Å². The van der Waals surface area contributed by atoms with Crippen LogP contribution in [0.2, 0.25) is 0 Å². The molecule has 0 heterocycles. The van der Waals surface area contributed by atoms with Gasteiger partial charge in [-0.1, -0.05) is 29.8 Å². The van der Waals surface area contributed by atoms with Crippen molar-refractivity contribution in [1.29, 1.82) is 0 Å². The second-order valence-electron chi connectivity index (χ2n) is 2.49. The molecule has 4 heteroatoms. The molecule has 0 aliphatic heterocycles. The minimum absolute atomic E-state index is 0.546. The number of rotatable bonds is 1. The molecule has 0 aliphatic carbocycles. The van der Waals surface area contributed by atoms with Gasteiger partial charge in [-0.3, -0.25) is 0 Å². The second kappa shape index (κ2) is 6.65. The Kier molecular flexibility index (Phi) is 5.78. The second-order valence-corrected chi connectivity index (χ2v) is 2.49. The van der Waals surface area contributed by atoms with Crippen molar-refractivity contribution in [2.75, 3.05) is 0 Å². The predicted octanol–water partition coefficient (Wildman–Crippen LogP) is 3.16. The van der Waals surface area contributed by atoms with Gasteiger partial charge in [0.1, 0.15) is 0 Å². The molecule has 0 aromatic heterocycles. The number of benzene rings is 1. The van der Waals surface area contributed by atoms with Crippen molar-refractivity contribution in [2.24, 2.45) is 0 Å². The molecule has 0 saturated heterocycles. The molecular weight excluding hydrogens is 187 g/mol. The number of hydrogen-bond acceptors (Lipinski definition) is 1. The first-order valence-corrected chi connectivity index (χ1v) is 3.81. The van der Waals surface area contributed by atoms with Gasteiger partial charge in [-0.15, -0.1) is 0 Å². The quantitative estimate of drug-likeness (QED) is 0.728. The highest BCUT2D eigenvalue weighted by molar-refractivity contribution is 5.53. The van der Waals surface area contributed by atoms with E-state index in [0.29, 0.717) is 6.33 Å². The van der Waals surface area contributed by atoms with Crippen LogP contribution in [-0.2, 0) is 0 Å². The molecule has 0 bridgehead atoms. The average molecular weight is 198 g/mol. The van der Waals surface area contributed by atoms with Crippen LogP contribution in [-0.4, -0.2) is 16.4 Å². The van der Waals surface area contributed by atoms with Crippen molar-refractivity contribution < 1.29 is 19.4 Å². The van der Waals surface area contributed by atoms with E-state index in [0.717, 1.165) is 5.56 Å². The van der Waals surface area contributed by atoms with Gasteiger partial charge in [0.15, 0.2) is 0 Å². The van der Waals surface area contributed by atoms with Crippen LogP contribution in [0.15, 0.2) is 30.6 Å². The smallest absolute Gasteiger partial charge is 0.450 e. The molecule has 0 amide bonds.